The van der Waals surface area contributed by atoms with E-state index in [1.807, 2.05) is 13.8 Å². The van der Waals surface area contributed by atoms with E-state index >= 15 is 0 Å². The Labute approximate surface area is 82.4 Å². The van der Waals surface area contributed by atoms with Gasteiger partial charge in [-0.3, -0.25) is 4.79 Å². The maximum atomic E-state index is 10.9. The predicted molar refractivity (Wildman–Crippen MR) is 49.8 cm³/mol. The van der Waals surface area contributed by atoms with Crippen LogP contribution in [0.1, 0.15) is 13.8 Å². The Morgan fingerprint density at radius 1 is 1.50 bits per heavy atom. The molecule has 0 spiro atoms. The minimum Gasteiger partial charge on any atom is -0.480 e. The van der Waals surface area contributed by atoms with Crippen LogP contribution in [0.15, 0.2) is 0 Å². The van der Waals surface area contributed by atoms with Crippen molar-refractivity contribution in [3.63, 3.8) is 0 Å². The van der Waals surface area contributed by atoms with Gasteiger partial charge in [-0.15, -0.1) is 0 Å². The van der Waals surface area contributed by atoms with Crippen molar-refractivity contribution in [3.8, 4) is 0 Å². The summed E-state index contributed by atoms with van der Waals surface area (Å²) in [6.07, 6.45) is -0.643. The van der Waals surface area contributed by atoms with Gasteiger partial charge in [0.2, 0.25) is 0 Å². The van der Waals surface area contributed by atoms with Crippen LogP contribution in [0.25, 0.3) is 0 Å². The van der Waals surface area contributed by atoms with Crippen molar-refractivity contribution >= 4 is 12.1 Å². The summed E-state index contributed by atoms with van der Waals surface area (Å²) in [6, 6.07) is -1.10. The van der Waals surface area contributed by atoms with Gasteiger partial charge in [-0.2, -0.15) is 0 Å². The smallest absolute Gasteiger partial charge is 0.407 e. The Hall–Kier alpha value is -1.30. The molecule has 0 heterocycles. The average Bonchev–Trinajstić information content (AvgIpc) is 2.10. The molecule has 0 aliphatic carbocycles. The standard InChI is InChI=1S/C8H16N2O4/c1-5(2)4-14-8(13)10-3-6(9)7(11)12/h5-6H,3-4,9H2,1-2H3,(H,10,13)(H,11,12). The monoisotopic (exact) mass is 204 g/mol. The number of rotatable bonds is 5. The van der Waals surface area contributed by atoms with Crippen molar-refractivity contribution in [1.29, 1.82) is 0 Å². The summed E-state index contributed by atoms with van der Waals surface area (Å²) >= 11 is 0. The van der Waals surface area contributed by atoms with E-state index in [4.69, 9.17) is 15.6 Å². The van der Waals surface area contributed by atoms with Crippen LogP contribution in [0.2, 0.25) is 0 Å². The Kier molecular flexibility index (Phi) is 5.62. The number of aliphatic carboxylic acids is 1. The summed E-state index contributed by atoms with van der Waals surface area (Å²) in [5.41, 5.74) is 5.15. The highest BCUT2D eigenvalue weighted by Crippen LogP contribution is 1.92. The number of carbonyl (C=O) groups excluding carboxylic acids is 1. The zero-order chi connectivity index (χ0) is 11.1. The maximum Gasteiger partial charge on any atom is 0.407 e. The van der Waals surface area contributed by atoms with Crippen molar-refractivity contribution in [3.05, 3.63) is 0 Å². The lowest BCUT2D eigenvalue weighted by Gasteiger charge is -2.10. The molecule has 14 heavy (non-hydrogen) atoms. The van der Waals surface area contributed by atoms with Gasteiger partial charge in [-0.1, -0.05) is 13.8 Å². The second kappa shape index (κ2) is 6.20. The van der Waals surface area contributed by atoms with E-state index in [0.29, 0.717) is 6.61 Å². The normalized spacial score (nSPS) is 12.3. The molecule has 1 amide bonds. The predicted octanol–water partition coefficient (Wildman–Crippen LogP) is -0.219. The molecule has 0 fully saturated rings. The molecule has 0 aliphatic rings. The molecule has 82 valence electrons. The molecule has 6 heteroatoms. The number of nitrogens with two attached hydrogens (primary N) is 1. The average molecular weight is 204 g/mol. The van der Waals surface area contributed by atoms with Gasteiger partial charge in [-0.25, -0.2) is 4.79 Å². The third kappa shape index (κ3) is 6.24. The van der Waals surface area contributed by atoms with Gasteiger partial charge >= 0.3 is 12.1 Å². The molecule has 0 radical (unpaired) electrons. The summed E-state index contributed by atoms with van der Waals surface area (Å²) in [5.74, 6) is -0.914. The molecule has 0 aliphatic heterocycles. The van der Waals surface area contributed by atoms with Crippen LogP contribution < -0.4 is 11.1 Å². The van der Waals surface area contributed by atoms with Gasteiger partial charge in [0.1, 0.15) is 6.04 Å². The van der Waals surface area contributed by atoms with Crippen molar-refractivity contribution in [2.45, 2.75) is 19.9 Å². The lowest BCUT2D eigenvalue weighted by atomic mass is 10.2. The first-order valence-corrected chi connectivity index (χ1v) is 4.32. The van der Waals surface area contributed by atoms with Crippen LogP contribution in [0.4, 0.5) is 4.79 Å². The van der Waals surface area contributed by atoms with Crippen LogP contribution in [-0.2, 0) is 9.53 Å². The molecule has 0 aromatic rings. The fourth-order valence-electron chi connectivity index (χ4n) is 0.574. The van der Waals surface area contributed by atoms with Crippen molar-refractivity contribution in [1.82, 2.24) is 5.32 Å². The topological polar surface area (TPSA) is 102 Å². The number of hydrogen-bond acceptors (Lipinski definition) is 4. The lowest BCUT2D eigenvalue weighted by molar-refractivity contribution is -0.138. The molecule has 0 saturated heterocycles. The highest BCUT2D eigenvalue weighted by molar-refractivity contribution is 5.75. The Balaban J connectivity index is 3.59. The highest BCUT2D eigenvalue weighted by Gasteiger charge is 2.12. The van der Waals surface area contributed by atoms with Crippen molar-refractivity contribution in [2.24, 2.45) is 11.7 Å². The van der Waals surface area contributed by atoms with Gasteiger partial charge in [0.05, 0.1) is 6.61 Å². The van der Waals surface area contributed by atoms with Crippen LogP contribution >= 0.6 is 0 Å². The number of amides is 1. The molecule has 0 saturated carbocycles. The molecule has 0 rings (SSSR count). The van der Waals surface area contributed by atoms with E-state index in [-0.39, 0.29) is 12.5 Å². The third-order valence-electron chi connectivity index (χ3n) is 1.33. The van der Waals surface area contributed by atoms with Crippen LogP contribution in [0, 0.1) is 5.92 Å². The number of ether oxygens (including phenoxy) is 1. The van der Waals surface area contributed by atoms with E-state index in [2.05, 4.69) is 5.32 Å². The van der Waals surface area contributed by atoms with Gasteiger partial charge in [0.25, 0.3) is 0 Å². The molecule has 6 nitrogen and oxygen atoms in total. The SMILES string of the molecule is CC(C)COC(=O)NCC(N)C(=O)O. The molecule has 4 N–H and O–H groups in total. The van der Waals surface area contributed by atoms with Gasteiger partial charge < -0.3 is 20.9 Å². The first-order valence-electron chi connectivity index (χ1n) is 4.32. The van der Waals surface area contributed by atoms with E-state index < -0.39 is 18.1 Å². The molecular weight excluding hydrogens is 188 g/mol. The van der Waals surface area contributed by atoms with Gasteiger partial charge in [0.15, 0.2) is 0 Å². The summed E-state index contributed by atoms with van der Waals surface area (Å²) < 4.78 is 4.74. The molecule has 1 atom stereocenters. The number of alkyl carbamates (subject to hydrolysis) is 1. The number of nitrogens with one attached hydrogen (secondary N) is 1. The number of carboxylic acid groups (broad SMARTS) is 1. The summed E-state index contributed by atoms with van der Waals surface area (Å²) in [7, 11) is 0. The Morgan fingerprint density at radius 3 is 2.50 bits per heavy atom. The van der Waals surface area contributed by atoms with E-state index in [0.717, 1.165) is 0 Å². The minimum absolute atomic E-state index is 0.133. The van der Waals surface area contributed by atoms with E-state index in [9.17, 15) is 9.59 Å². The van der Waals surface area contributed by atoms with Crippen molar-refractivity contribution in [2.75, 3.05) is 13.2 Å². The molecule has 1 unspecified atom stereocenters. The van der Waals surface area contributed by atoms with Crippen LogP contribution in [0.3, 0.4) is 0 Å². The zero-order valence-corrected chi connectivity index (χ0v) is 8.32. The summed E-state index contributed by atoms with van der Waals surface area (Å²) in [6.45, 7) is 3.97. The molecule has 0 bridgehead atoms. The second-order valence-corrected chi connectivity index (χ2v) is 3.32. The largest absolute Gasteiger partial charge is 0.480 e. The summed E-state index contributed by atoms with van der Waals surface area (Å²) in [4.78, 5) is 21.2. The lowest BCUT2D eigenvalue weighted by Crippen LogP contribution is -2.42. The fourth-order valence-corrected chi connectivity index (χ4v) is 0.574. The number of carbonyl (C=O) groups is 2. The zero-order valence-electron chi connectivity index (χ0n) is 8.32. The first-order chi connectivity index (χ1) is 6.43. The molecule has 0 aromatic carbocycles. The third-order valence-corrected chi connectivity index (χ3v) is 1.33. The summed E-state index contributed by atoms with van der Waals surface area (Å²) in [5, 5.41) is 10.6. The quantitative estimate of drug-likeness (QED) is 0.574. The van der Waals surface area contributed by atoms with Crippen molar-refractivity contribution < 1.29 is 19.4 Å². The second-order valence-electron chi connectivity index (χ2n) is 3.32. The van der Waals surface area contributed by atoms with Gasteiger partial charge in [-0.05, 0) is 5.92 Å². The molecule has 0 aromatic heterocycles. The first kappa shape index (κ1) is 12.7. The van der Waals surface area contributed by atoms with E-state index in [1.54, 1.807) is 0 Å². The van der Waals surface area contributed by atoms with Gasteiger partial charge in [0, 0.05) is 6.54 Å². The van der Waals surface area contributed by atoms with Crippen LogP contribution in [-0.4, -0.2) is 36.4 Å². The Bertz CT molecular complexity index is 206. The fraction of sp³-hybridized carbons (Fsp3) is 0.750. The Morgan fingerprint density at radius 2 is 2.07 bits per heavy atom. The van der Waals surface area contributed by atoms with Crippen LogP contribution in [0.5, 0.6) is 0 Å². The molecular formula is C8H16N2O4. The maximum absolute atomic E-state index is 10.9. The highest BCUT2D eigenvalue weighted by atomic mass is 16.5. The number of hydrogen-bond donors (Lipinski definition) is 3. The minimum atomic E-state index is -1.16. The number of carboxylic acids is 1. The van der Waals surface area contributed by atoms with E-state index in [1.165, 1.54) is 0 Å².